The fraction of sp³-hybridized carbons (Fsp3) is 0.375. The molecule has 0 atom stereocenters. The third-order valence-electron chi connectivity index (χ3n) is 5.55. The van der Waals surface area contributed by atoms with Crippen LogP contribution in [0.2, 0.25) is 0 Å². The first-order chi connectivity index (χ1) is 13.6. The molecule has 1 fully saturated rings. The zero-order valence-electron chi connectivity index (χ0n) is 15.8. The summed E-state index contributed by atoms with van der Waals surface area (Å²) in [6, 6.07) is 11.8. The van der Waals surface area contributed by atoms with Gasteiger partial charge in [-0.3, -0.25) is 4.39 Å². The number of halogens is 3. The van der Waals surface area contributed by atoms with Crippen LogP contribution in [0.15, 0.2) is 48.6 Å². The minimum absolute atomic E-state index is 0.255. The van der Waals surface area contributed by atoms with E-state index in [0.717, 1.165) is 37.7 Å². The summed E-state index contributed by atoms with van der Waals surface area (Å²) in [6.45, 7) is -0.255. The van der Waals surface area contributed by atoms with Crippen molar-refractivity contribution < 1.29 is 13.2 Å². The fourth-order valence-electron chi connectivity index (χ4n) is 3.92. The SMILES string of the molecule is N#Cc1c(F)cc(-c2ccc([C@H]3CC[C@H](/C=C/CCCF)CC3)cc2)cc1F. The maximum absolute atomic E-state index is 13.8. The molecule has 1 aliphatic carbocycles. The molecule has 4 heteroatoms. The van der Waals surface area contributed by atoms with Gasteiger partial charge in [-0.25, -0.2) is 8.78 Å². The average Bonchev–Trinajstić information content (AvgIpc) is 2.72. The predicted octanol–water partition coefficient (Wildman–Crippen LogP) is 7.08. The number of benzene rings is 2. The molecule has 0 radical (unpaired) electrons. The second-order valence-electron chi connectivity index (χ2n) is 7.42. The van der Waals surface area contributed by atoms with E-state index in [4.69, 9.17) is 5.26 Å². The normalized spacial score (nSPS) is 19.6. The molecule has 0 aromatic heterocycles. The lowest BCUT2D eigenvalue weighted by molar-refractivity contribution is 0.375. The number of unbranched alkanes of at least 4 members (excludes halogenated alkanes) is 1. The first-order valence-corrected chi connectivity index (χ1v) is 9.84. The van der Waals surface area contributed by atoms with E-state index < -0.39 is 17.2 Å². The van der Waals surface area contributed by atoms with Crippen LogP contribution < -0.4 is 0 Å². The zero-order chi connectivity index (χ0) is 19.9. The summed E-state index contributed by atoms with van der Waals surface area (Å²) in [4.78, 5) is 0. The highest BCUT2D eigenvalue weighted by Gasteiger charge is 2.21. The molecule has 0 bridgehead atoms. The van der Waals surface area contributed by atoms with Gasteiger partial charge in [0.2, 0.25) is 0 Å². The van der Waals surface area contributed by atoms with Crippen LogP contribution in [0.3, 0.4) is 0 Å². The van der Waals surface area contributed by atoms with E-state index in [1.165, 1.54) is 17.7 Å². The van der Waals surface area contributed by atoms with Gasteiger partial charge in [0.15, 0.2) is 0 Å². The summed E-state index contributed by atoms with van der Waals surface area (Å²) in [5, 5.41) is 8.78. The third kappa shape index (κ3) is 4.84. The van der Waals surface area contributed by atoms with Crippen molar-refractivity contribution in [1.82, 2.24) is 0 Å². The lowest BCUT2D eigenvalue weighted by Gasteiger charge is -2.27. The standard InChI is InChI=1S/C24H24F3N/c25-13-3-1-2-4-17-5-7-18(8-6-17)19-9-11-20(12-10-19)21-14-23(26)22(16-28)24(27)15-21/h2,4,9-12,14-15,17-18H,1,3,5-8,13H2/b4-2+/t17-,18-. The van der Waals surface area contributed by atoms with E-state index in [2.05, 4.69) is 12.2 Å². The van der Waals surface area contributed by atoms with E-state index >= 15 is 0 Å². The molecule has 1 nitrogen and oxygen atoms in total. The number of nitriles is 1. The first kappa shape index (κ1) is 20.2. The van der Waals surface area contributed by atoms with Crippen LogP contribution in [0.25, 0.3) is 11.1 Å². The van der Waals surface area contributed by atoms with Crippen LogP contribution in [0.1, 0.15) is 55.6 Å². The lowest BCUT2D eigenvalue weighted by Crippen LogP contribution is -2.11. The Kier molecular flexibility index (Phi) is 6.92. The zero-order valence-corrected chi connectivity index (χ0v) is 15.8. The fourth-order valence-corrected chi connectivity index (χ4v) is 3.92. The van der Waals surface area contributed by atoms with Crippen LogP contribution in [0.5, 0.6) is 0 Å². The Morgan fingerprint density at radius 2 is 1.61 bits per heavy atom. The Balaban J connectivity index is 1.63. The van der Waals surface area contributed by atoms with Crippen molar-refractivity contribution in [2.45, 2.75) is 44.4 Å². The lowest BCUT2D eigenvalue weighted by atomic mass is 9.78. The summed E-state index contributed by atoms with van der Waals surface area (Å²) >= 11 is 0. The Morgan fingerprint density at radius 3 is 2.18 bits per heavy atom. The highest BCUT2D eigenvalue weighted by Crippen LogP contribution is 2.37. The van der Waals surface area contributed by atoms with Crippen molar-refractivity contribution in [3.05, 3.63) is 71.3 Å². The van der Waals surface area contributed by atoms with Gasteiger partial charge in [-0.1, -0.05) is 36.4 Å². The molecule has 3 rings (SSSR count). The molecular formula is C24H24F3N. The molecule has 0 saturated heterocycles. The summed E-state index contributed by atoms with van der Waals surface area (Å²) in [7, 11) is 0. The molecule has 0 aliphatic heterocycles. The summed E-state index contributed by atoms with van der Waals surface area (Å²) < 4.78 is 39.8. The van der Waals surface area contributed by atoms with Gasteiger partial charge in [0.25, 0.3) is 0 Å². The van der Waals surface area contributed by atoms with Crippen molar-refractivity contribution in [2.75, 3.05) is 6.67 Å². The van der Waals surface area contributed by atoms with Gasteiger partial charge in [-0.2, -0.15) is 5.26 Å². The molecule has 0 amide bonds. The molecule has 146 valence electrons. The molecule has 0 unspecified atom stereocenters. The third-order valence-corrected chi connectivity index (χ3v) is 5.55. The minimum atomic E-state index is -0.834. The molecular weight excluding hydrogens is 359 g/mol. The van der Waals surface area contributed by atoms with Crippen molar-refractivity contribution >= 4 is 0 Å². The highest BCUT2D eigenvalue weighted by molar-refractivity contribution is 5.65. The highest BCUT2D eigenvalue weighted by atomic mass is 19.1. The topological polar surface area (TPSA) is 23.8 Å². The average molecular weight is 383 g/mol. The summed E-state index contributed by atoms with van der Waals surface area (Å²) in [6.07, 6.45) is 10.2. The van der Waals surface area contributed by atoms with Crippen LogP contribution in [-0.2, 0) is 0 Å². The number of hydrogen-bond acceptors (Lipinski definition) is 1. The molecule has 2 aromatic rings. The van der Waals surface area contributed by atoms with Gasteiger partial charge in [0, 0.05) is 0 Å². The van der Waals surface area contributed by atoms with Gasteiger partial charge in [-0.15, -0.1) is 0 Å². The number of alkyl halides is 1. The quantitative estimate of drug-likeness (QED) is 0.386. The van der Waals surface area contributed by atoms with E-state index in [1.54, 1.807) is 6.07 Å². The largest absolute Gasteiger partial charge is 0.251 e. The van der Waals surface area contributed by atoms with E-state index in [0.29, 0.717) is 23.8 Å². The maximum Gasteiger partial charge on any atom is 0.144 e. The minimum Gasteiger partial charge on any atom is -0.251 e. The Labute approximate surface area is 164 Å². The predicted molar refractivity (Wildman–Crippen MR) is 106 cm³/mol. The van der Waals surface area contributed by atoms with E-state index in [1.807, 2.05) is 24.3 Å². The van der Waals surface area contributed by atoms with Gasteiger partial charge >= 0.3 is 0 Å². The van der Waals surface area contributed by atoms with Gasteiger partial charge in [-0.05, 0) is 79.2 Å². The molecule has 0 spiro atoms. The molecule has 1 saturated carbocycles. The number of allylic oxidation sites excluding steroid dienone is 2. The van der Waals surface area contributed by atoms with Gasteiger partial charge < -0.3 is 0 Å². The van der Waals surface area contributed by atoms with Crippen molar-refractivity contribution in [1.29, 1.82) is 5.26 Å². The maximum atomic E-state index is 13.8. The Bertz CT molecular complexity index is 833. The number of hydrogen-bond donors (Lipinski definition) is 0. The molecule has 0 heterocycles. The molecule has 28 heavy (non-hydrogen) atoms. The van der Waals surface area contributed by atoms with Gasteiger partial charge in [0.05, 0.1) is 6.67 Å². The van der Waals surface area contributed by atoms with E-state index in [-0.39, 0.29) is 6.67 Å². The Morgan fingerprint density at radius 1 is 0.964 bits per heavy atom. The molecule has 0 N–H and O–H groups in total. The number of rotatable bonds is 6. The monoisotopic (exact) mass is 383 g/mol. The molecule has 2 aromatic carbocycles. The molecule has 1 aliphatic rings. The van der Waals surface area contributed by atoms with Crippen molar-refractivity contribution in [2.24, 2.45) is 5.92 Å². The van der Waals surface area contributed by atoms with Crippen LogP contribution in [0, 0.1) is 28.9 Å². The van der Waals surface area contributed by atoms with Crippen LogP contribution in [-0.4, -0.2) is 6.67 Å². The summed E-state index contributed by atoms with van der Waals surface area (Å²) in [5.41, 5.74) is 1.87. The second-order valence-corrected chi connectivity index (χ2v) is 7.42. The van der Waals surface area contributed by atoms with Gasteiger partial charge in [0.1, 0.15) is 23.3 Å². The summed E-state index contributed by atoms with van der Waals surface area (Å²) in [5.74, 6) is -0.586. The number of nitrogens with zero attached hydrogens (tertiary/aromatic N) is 1. The van der Waals surface area contributed by atoms with Crippen LogP contribution >= 0.6 is 0 Å². The van der Waals surface area contributed by atoms with Crippen molar-refractivity contribution in [3.8, 4) is 17.2 Å². The van der Waals surface area contributed by atoms with E-state index in [9.17, 15) is 13.2 Å². The first-order valence-electron chi connectivity index (χ1n) is 9.84. The second kappa shape index (κ2) is 9.59. The Hall–Kier alpha value is -2.54. The smallest absolute Gasteiger partial charge is 0.144 e. The van der Waals surface area contributed by atoms with Crippen molar-refractivity contribution in [3.63, 3.8) is 0 Å². The van der Waals surface area contributed by atoms with Crippen LogP contribution in [0.4, 0.5) is 13.2 Å².